The van der Waals surface area contributed by atoms with Gasteiger partial charge in [0.1, 0.15) is 5.75 Å². The number of esters is 1. The molecule has 1 N–H and O–H groups in total. The molecule has 21 heavy (non-hydrogen) atoms. The van der Waals surface area contributed by atoms with Gasteiger partial charge in [-0.3, -0.25) is 0 Å². The van der Waals surface area contributed by atoms with Gasteiger partial charge in [-0.15, -0.1) is 0 Å². The quantitative estimate of drug-likeness (QED) is 0.689. The predicted octanol–water partition coefficient (Wildman–Crippen LogP) is 3.47. The summed E-state index contributed by atoms with van der Waals surface area (Å²) in [6.45, 7) is 3.78. The highest BCUT2D eigenvalue weighted by Gasteiger charge is 2.13. The van der Waals surface area contributed by atoms with Gasteiger partial charge in [-0.1, -0.05) is 19.1 Å². The van der Waals surface area contributed by atoms with E-state index in [1.54, 1.807) is 25.1 Å². The van der Waals surface area contributed by atoms with Crippen LogP contribution >= 0.6 is 0 Å². The molecule has 2 rings (SSSR count). The van der Waals surface area contributed by atoms with Gasteiger partial charge in [0.15, 0.2) is 0 Å². The third kappa shape index (κ3) is 3.69. The summed E-state index contributed by atoms with van der Waals surface area (Å²) in [4.78, 5) is 23.1. The van der Waals surface area contributed by atoms with Crippen LogP contribution in [0.15, 0.2) is 42.5 Å². The van der Waals surface area contributed by atoms with Gasteiger partial charge in [-0.2, -0.15) is 0 Å². The summed E-state index contributed by atoms with van der Waals surface area (Å²) >= 11 is 0. The molecule has 0 amide bonds. The maximum Gasteiger partial charge on any atom is 0.343 e. The number of aromatic carboxylic acids is 1. The van der Waals surface area contributed by atoms with E-state index >= 15 is 0 Å². The first kappa shape index (κ1) is 14.8. The molecular formula is C17H16O4. The maximum absolute atomic E-state index is 12.1. The van der Waals surface area contributed by atoms with Gasteiger partial charge in [0.05, 0.1) is 11.1 Å². The third-order valence-electron chi connectivity index (χ3n) is 3.10. The average Bonchev–Trinajstić information content (AvgIpc) is 2.47. The largest absolute Gasteiger partial charge is 0.478 e. The highest BCUT2D eigenvalue weighted by atomic mass is 16.5. The third-order valence-corrected chi connectivity index (χ3v) is 3.10. The zero-order chi connectivity index (χ0) is 15.4. The normalized spacial score (nSPS) is 10.2. The van der Waals surface area contributed by atoms with E-state index in [0.29, 0.717) is 11.3 Å². The molecular weight excluding hydrogens is 268 g/mol. The van der Waals surface area contributed by atoms with Gasteiger partial charge in [0, 0.05) is 0 Å². The van der Waals surface area contributed by atoms with Crippen molar-refractivity contribution in [1.29, 1.82) is 0 Å². The molecule has 0 bridgehead atoms. The van der Waals surface area contributed by atoms with E-state index in [1.807, 2.05) is 19.1 Å². The van der Waals surface area contributed by atoms with Crippen LogP contribution in [0.5, 0.6) is 5.75 Å². The lowest BCUT2D eigenvalue weighted by atomic mass is 10.1. The van der Waals surface area contributed by atoms with Crippen LogP contribution in [0.1, 0.15) is 38.8 Å². The van der Waals surface area contributed by atoms with Crippen LogP contribution in [0.4, 0.5) is 0 Å². The van der Waals surface area contributed by atoms with Gasteiger partial charge < -0.3 is 9.84 Å². The van der Waals surface area contributed by atoms with Crippen molar-refractivity contribution >= 4 is 11.9 Å². The molecule has 2 aromatic rings. The Bertz CT molecular complexity index is 672. The fourth-order valence-corrected chi connectivity index (χ4v) is 1.98. The first-order valence-electron chi connectivity index (χ1n) is 6.65. The van der Waals surface area contributed by atoms with Gasteiger partial charge in [-0.05, 0) is 54.8 Å². The molecule has 0 aliphatic rings. The van der Waals surface area contributed by atoms with E-state index in [1.165, 1.54) is 12.1 Å². The minimum atomic E-state index is -1.07. The van der Waals surface area contributed by atoms with E-state index < -0.39 is 11.9 Å². The molecule has 108 valence electrons. The lowest BCUT2D eigenvalue weighted by molar-refractivity contribution is 0.0696. The van der Waals surface area contributed by atoms with Crippen molar-refractivity contribution in [2.24, 2.45) is 0 Å². The second-order valence-corrected chi connectivity index (χ2v) is 4.78. The fraction of sp³-hybridized carbons (Fsp3) is 0.176. The number of carbonyl (C=O) groups is 2. The van der Waals surface area contributed by atoms with Crippen molar-refractivity contribution in [2.45, 2.75) is 20.3 Å². The molecule has 0 fully saturated rings. The van der Waals surface area contributed by atoms with Crippen LogP contribution in [0.25, 0.3) is 0 Å². The fourth-order valence-electron chi connectivity index (χ4n) is 1.98. The summed E-state index contributed by atoms with van der Waals surface area (Å²) in [5.41, 5.74) is 2.15. The number of hydrogen-bond donors (Lipinski definition) is 1. The number of benzene rings is 2. The number of hydrogen-bond acceptors (Lipinski definition) is 3. The maximum atomic E-state index is 12.1. The summed E-state index contributed by atoms with van der Waals surface area (Å²) in [6.07, 6.45) is 0.911. The van der Waals surface area contributed by atoms with E-state index in [9.17, 15) is 9.59 Å². The Balaban J connectivity index is 2.21. The molecule has 0 saturated carbocycles. The Morgan fingerprint density at radius 3 is 2.24 bits per heavy atom. The highest BCUT2D eigenvalue weighted by Crippen LogP contribution is 2.16. The van der Waals surface area contributed by atoms with Gasteiger partial charge >= 0.3 is 11.9 Å². The van der Waals surface area contributed by atoms with Crippen LogP contribution in [-0.4, -0.2) is 17.0 Å². The lowest BCUT2D eigenvalue weighted by Crippen LogP contribution is -2.10. The molecule has 4 heteroatoms. The standard InChI is InChI=1S/C17H16O4/c1-3-12-4-6-15(7-5-12)21-17(20)14-9-11(2)8-13(10-14)16(18)19/h4-10H,3H2,1-2H3,(H,18,19). The molecule has 0 saturated heterocycles. The topological polar surface area (TPSA) is 63.6 Å². The predicted molar refractivity (Wildman–Crippen MR) is 78.9 cm³/mol. The zero-order valence-corrected chi connectivity index (χ0v) is 11.9. The number of carbonyl (C=O) groups excluding carboxylic acids is 1. The second kappa shape index (κ2) is 6.22. The Morgan fingerprint density at radius 1 is 1.05 bits per heavy atom. The number of carboxylic acids is 1. The number of aryl methyl sites for hydroxylation is 2. The van der Waals surface area contributed by atoms with E-state index in [-0.39, 0.29) is 11.1 Å². The molecule has 0 aliphatic carbocycles. The van der Waals surface area contributed by atoms with Crippen molar-refractivity contribution in [3.63, 3.8) is 0 Å². The number of rotatable bonds is 4. The van der Waals surface area contributed by atoms with Gasteiger partial charge in [-0.25, -0.2) is 9.59 Å². The Morgan fingerprint density at radius 2 is 1.67 bits per heavy atom. The monoisotopic (exact) mass is 284 g/mol. The first-order valence-corrected chi connectivity index (χ1v) is 6.65. The van der Waals surface area contributed by atoms with Crippen LogP contribution in [0.2, 0.25) is 0 Å². The van der Waals surface area contributed by atoms with Crippen molar-refractivity contribution in [1.82, 2.24) is 0 Å². The second-order valence-electron chi connectivity index (χ2n) is 4.78. The minimum absolute atomic E-state index is 0.0725. The van der Waals surface area contributed by atoms with Crippen molar-refractivity contribution in [2.75, 3.05) is 0 Å². The first-order chi connectivity index (χ1) is 9.99. The SMILES string of the molecule is CCc1ccc(OC(=O)c2cc(C)cc(C(=O)O)c2)cc1. The number of carboxylic acid groups (broad SMARTS) is 1. The summed E-state index contributed by atoms with van der Waals surface area (Å²) in [5.74, 6) is -1.19. The summed E-state index contributed by atoms with van der Waals surface area (Å²) in [7, 11) is 0. The van der Waals surface area contributed by atoms with Gasteiger partial charge in [0.25, 0.3) is 0 Å². The molecule has 0 aromatic heterocycles. The van der Waals surface area contributed by atoms with Crippen molar-refractivity contribution in [3.8, 4) is 5.75 Å². The molecule has 0 atom stereocenters. The summed E-state index contributed by atoms with van der Waals surface area (Å²) < 4.78 is 5.26. The molecule has 0 heterocycles. The summed E-state index contributed by atoms with van der Waals surface area (Å²) in [6, 6.07) is 11.7. The minimum Gasteiger partial charge on any atom is -0.478 e. The average molecular weight is 284 g/mol. The zero-order valence-electron chi connectivity index (χ0n) is 11.9. The molecule has 4 nitrogen and oxygen atoms in total. The van der Waals surface area contributed by atoms with Crippen molar-refractivity contribution < 1.29 is 19.4 Å². The highest BCUT2D eigenvalue weighted by molar-refractivity contribution is 5.95. The smallest absolute Gasteiger partial charge is 0.343 e. The Kier molecular flexibility index (Phi) is 4.38. The molecule has 0 spiro atoms. The molecule has 2 aromatic carbocycles. The van der Waals surface area contributed by atoms with E-state index in [0.717, 1.165) is 12.0 Å². The van der Waals surface area contributed by atoms with Crippen LogP contribution in [-0.2, 0) is 6.42 Å². The van der Waals surface area contributed by atoms with Crippen LogP contribution < -0.4 is 4.74 Å². The van der Waals surface area contributed by atoms with Gasteiger partial charge in [0.2, 0.25) is 0 Å². The Hall–Kier alpha value is -2.62. The number of ether oxygens (including phenoxy) is 1. The molecule has 0 radical (unpaired) electrons. The molecule has 0 unspecified atom stereocenters. The summed E-state index contributed by atoms with van der Waals surface area (Å²) in [5, 5.41) is 9.01. The Labute approximate surface area is 123 Å². The van der Waals surface area contributed by atoms with E-state index in [2.05, 4.69) is 0 Å². The lowest BCUT2D eigenvalue weighted by Gasteiger charge is -2.07. The van der Waals surface area contributed by atoms with E-state index in [4.69, 9.17) is 9.84 Å². The van der Waals surface area contributed by atoms with Crippen LogP contribution in [0, 0.1) is 6.92 Å². The van der Waals surface area contributed by atoms with Crippen LogP contribution in [0.3, 0.4) is 0 Å². The van der Waals surface area contributed by atoms with Crippen molar-refractivity contribution in [3.05, 3.63) is 64.7 Å². The molecule has 0 aliphatic heterocycles.